The zero-order valence-electron chi connectivity index (χ0n) is 11.1. The molecule has 0 aliphatic carbocycles. The molecule has 1 saturated heterocycles. The van der Waals surface area contributed by atoms with Crippen LogP contribution in [0.15, 0.2) is 0 Å². The third kappa shape index (κ3) is 2.32. The zero-order valence-corrected chi connectivity index (χ0v) is 11.1. The standard InChI is InChI=1S/C13H23N3O/c1-4-16-12(14)11(15-13(16)9(2)3)10-6-5-7-17-8-10/h9-10H,4-8,14H2,1-3H3. The molecule has 1 fully saturated rings. The molecule has 1 aromatic rings. The molecule has 2 N–H and O–H groups in total. The van der Waals surface area contributed by atoms with Gasteiger partial charge < -0.3 is 15.0 Å². The van der Waals surface area contributed by atoms with E-state index in [9.17, 15) is 0 Å². The van der Waals surface area contributed by atoms with Gasteiger partial charge in [0.15, 0.2) is 0 Å². The van der Waals surface area contributed by atoms with Gasteiger partial charge in [-0.05, 0) is 19.8 Å². The largest absolute Gasteiger partial charge is 0.384 e. The molecule has 2 rings (SSSR count). The van der Waals surface area contributed by atoms with E-state index in [0.717, 1.165) is 49.9 Å². The summed E-state index contributed by atoms with van der Waals surface area (Å²) in [6.07, 6.45) is 2.25. The number of nitrogens with two attached hydrogens (primary N) is 1. The Kier molecular flexibility index (Phi) is 3.72. The first-order chi connectivity index (χ1) is 8.15. The van der Waals surface area contributed by atoms with E-state index < -0.39 is 0 Å². The Bertz CT molecular complexity index is 378. The molecule has 2 heterocycles. The first kappa shape index (κ1) is 12.4. The van der Waals surface area contributed by atoms with Crippen molar-refractivity contribution in [3.05, 3.63) is 11.5 Å². The van der Waals surface area contributed by atoms with Crippen molar-refractivity contribution in [1.82, 2.24) is 9.55 Å². The van der Waals surface area contributed by atoms with Crippen molar-refractivity contribution in [2.75, 3.05) is 18.9 Å². The van der Waals surface area contributed by atoms with Gasteiger partial charge in [0.05, 0.1) is 12.3 Å². The van der Waals surface area contributed by atoms with Gasteiger partial charge in [0.2, 0.25) is 0 Å². The number of hydrogen-bond acceptors (Lipinski definition) is 3. The van der Waals surface area contributed by atoms with E-state index in [1.54, 1.807) is 0 Å². The molecule has 96 valence electrons. The maximum Gasteiger partial charge on any atom is 0.127 e. The molecule has 0 spiro atoms. The molecule has 1 aliphatic rings. The number of anilines is 1. The van der Waals surface area contributed by atoms with E-state index in [0.29, 0.717) is 11.8 Å². The number of imidazole rings is 1. The first-order valence-electron chi connectivity index (χ1n) is 6.58. The third-order valence-corrected chi connectivity index (χ3v) is 3.44. The van der Waals surface area contributed by atoms with Crippen molar-refractivity contribution >= 4 is 5.82 Å². The molecule has 4 heteroatoms. The Hall–Kier alpha value is -1.03. The number of nitrogens with zero attached hydrogens (tertiary/aromatic N) is 2. The van der Waals surface area contributed by atoms with E-state index in [1.807, 2.05) is 0 Å². The predicted molar refractivity (Wildman–Crippen MR) is 69.2 cm³/mol. The molecule has 0 bridgehead atoms. The van der Waals surface area contributed by atoms with Gasteiger partial charge in [0.25, 0.3) is 0 Å². The van der Waals surface area contributed by atoms with E-state index in [4.69, 9.17) is 15.5 Å². The molecule has 1 atom stereocenters. The summed E-state index contributed by atoms with van der Waals surface area (Å²) in [4.78, 5) is 4.76. The topological polar surface area (TPSA) is 53.1 Å². The summed E-state index contributed by atoms with van der Waals surface area (Å²) in [5.74, 6) is 2.74. The van der Waals surface area contributed by atoms with Crippen LogP contribution in [0.1, 0.15) is 57.0 Å². The summed E-state index contributed by atoms with van der Waals surface area (Å²) < 4.78 is 7.66. The van der Waals surface area contributed by atoms with Crippen LogP contribution >= 0.6 is 0 Å². The van der Waals surface area contributed by atoms with Crippen molar-refractivity contribution < 1.29 is 4.74 Å². The van der Waals surface area contributed by atoms with Crippen LogP contribution in [0, 0.1) is 0 Å². The van der Waals surface area contributed by atoms with Crippen molar-refractivity contribution in [1.29, 1.82) is 0 Å². The Morgan fingerprint density at radius 2 is 2.29 bits per heavy atom. The summed E-state index contributed by atoms with van der Waals surface area (Å²) in [6.45, 7) is 8.97. The molecule has 17 heavy (non-hydrogen) atoms. The second kappa shape index (κ2) is 5.08. The number of ether oxygens (including phenoxy) is 1. The molecule has 0 radical (unpaired) electrons. The molecule has 1 unspecified atom stereocenters. The summed E-state index contributed by atoms with van der Waals surface area (Å²) in [6, 6.07) is 0. The number of aromatic nitrogens is 2. The van der Waals surface area contributed by atoms with Crippen LogP contribution in [0.5, 0.6) is 0 Å². The highest BCUT2D eigenvalue weighted by Crippen LogP contribution is 2.31. The van der Waals surface area contributed by atoms with Crippen LogP contribution in [-0.2, 0) is 11.3 Å². The molecule has 1 aromatic heterocycles. The zero-order chi connectivity index (χ0) is 12.4. The monoisotopic (exact) mass is 237 g/mol. The number of rotatable bonds is 3. The Morgan fingerprint density at radius 1 is 1.53 bits per heavy atom. The highest BCUT2D eigenvalue weighted by atomic mass is 16.5. The normalized spacial score (nSPS) is 21.1. The molecular weight excluding hydrogens is 214 g/mol. The lowest BCUT2D eigenvalue weighted by molar-refractivity contribution is 0.0795. The van der Waals surface area contributed by atoms with Gasteiger partial charge >= 0.3 is 0 Å². The van der Waals surface area contributed by atoms with E-state index in [1.165, 1.54) is 0 Å². The fourth-order valence-electron chi connectivity index (χ4n) is 2.53. The number of nitrogen functional groups attached to an aromatic ring is 1. The quantitative estimate of drug-likeness (QED) is 0.878. The van der Waals surface area contributed by atoms with Crippen LogP contribution in [-0.4, -0.2) is 22.8 Å². The lowest BCUT2D eigenvalue weighted by Gasteiger charge is -2.20. The SMILES string of the molecule is CCn1c(C(C)C)nc(C2CCCOC2)c1N. The highest BCUT2D eigenvalue weighted by Gasteiger charge is 2.24. The average molecular weight is 237 g/mol. The van der Waals surface area contributed by atoms with Crippen molar-refractivity contribution in [3.8, 4) is 0 Å². The fraction of sp³-hybridized carbons (Fsp3) is 0.769. The van der Waals surface area contributed by atoms with E-state index in [-0.39, 0.29) is 0 Å². The molecule has 1 aliphatic heterocycles. The average Bonchev–Trinajstić information content (AvgIpc) is 2.67. The predicted octanol–water partition coefficient (Wildman–Crippen LogP) is 2.50. The van der Waals surface area contributed by atoms with Crippen LogP contribution < -0.4 is 5.73 Å². The van der Waals surface area contributed by atoms with Gasteiger partial charge in [0.1, 0.15) is 11.6 Å². The highest BCUT2D eigenvalue weighted by molar-refractivity contribution is 5.41. The maximum absolute atomic E-state index is 6.23. The first-order valence-corrected chi connectivity index (χ1v) is 6.58. The smallest absolute Gasteiger partial charge is 0.127 e. The Morgan fingerprint density at radius 3 is 2.76 bits per heavy atom. The second-order valence-corrected chi connectivity index (χ2v) is 5.05. The molecule has 0 amide bonds. The molecule has 0 saturated carbocycles. The lowest BCUT2D eigenvalue weighted by atomic mass is 9.98. The summed E-state index contributed by atoms with van der Waals surface area (Å²) >= 11 is 0. The third-order valence-electron chi connectivity index (χ3n) is 3.44. The maximum atomic E-state index is 6.23. The van der Waals surface area contributed by atoms with Crippen LogP contribution in [0.2, 0.25) is 0 Å². The fourth-order valence-corrected chi connectivity index (χ4v) is 2.53. The van der Waals surface area contributed by atoms with Gasteiger partial charge in [0, 0.05) is 25.0 Å². The number of hydrogen-bond donors (Lipinski definition) is 1. The van der Waals surface area contributed by atoms with Crippen molar-refractivity contribution in [2.24, 2.45) is 0 Å². The van der Waals surface area contributed by atoms with Gasteiger partial charge in [-0.2, -0.15) is 0 Å². The van der Waals surface area contributed by atoms with Gasteiger partial charge in [-0.25, -0.2) is 4.98 Å². The minimum Gasteiger partial charge on any atom is -0.384 e. The molecule has 4 nitrogen and oxygen atoms in total. The van der Waals surface area contributed by atoms with Gasteiger partial charge in [-0.3, -0.25) is 0 Å². The van der Waals surface area contributed by atoms with E-state index in [2.05, 4.69) is 25.3 Å². The van der Waals surface area contributed by atoms with Crippen LogP contribution in [0.3, 0.4) is 0 Å². The van der Waals surface area contributed by atoms with Crippen molar-refractivity contribution in [2.45, 2.75) is 52.0 Å². The summed E-state index contributed by atoms with van der Waals surface area (Å²) in [7, 11) is 0. The second-order valence-electron chi connectivity index (χ2n) is 5.05. The van der Waals surface area contributed by atoms with Crippen molar-refractivity contribution in [3.63, 3.8) is 0 Å². The van der Waals surface area contributed by atoms with Crippen LogP contribution in [0.4, 0.5) is 5.82 Å². The molecular formula is C13H23N3O. The minimum atomic E-state index is 0.383. The Balaban J connectivity index is 2.33. The minimum absolute atomic E-state index is 0.383. The van der Waals surface area contributed by atoms with E-state index >= 15 is 0 Å². The Labute approximate surface area is 103 Å². The van der Waals surface area contributed by atoms with Crippen LogP contribution in [0.25, 0.3) is 0 Å². The van der Waals surface area contributed by atoms with Gasteiger partial charge in [-0.15, -0.1) is 0 Å². The molecule has 0 aromatic carbocycles. The summed E-state index contributed by atoms with van der Waals surface area (Å²) in [5.41, 5.74) is 7.28. The van der Waals surface area contributed by atoms with Gasteiger partial charge in [-0.1, -0.05) is 13.8 Å². The summed E-state index contributed by atoms with van der Waals surface area (Å²) in [5, 5.41) is 0. The lowest BCUT2D eigenvalue weighted by Crippen LogP contribution is -2.17.